The van der Waals surface area contributed by atoms with Crippen molar-refractivity contribution < 1.29 is 4.92 Å². The van der Waals surface area contributed by atoms with E-state index in [0.29, 0.717) is 0 Å². The van der Waals surface area contributed by atoms with E-state index in [1.54, 1.807) is 12.1 Å². The molecule has 0 amide bonds. The van der Waals surface area contributed by atoms with Crippen molar-refractivity contribution in [2.45, 2.75) is 19.4 Å². The first kappa shape index (κ1) is 13.1. The van der Waals surface area contributed by atoms with Gasteiger partial charge in [0.2, 0.25) is 0 Å². The molecule has 0 spiro atoms. The number of anilines is 1. The summed E-state index contributed by atoms with van der Waals surface area (Å²) in [5.74, 6) is 0. The molecular weight excluding hydrogens is 240 g/mol. The average molecular weight is 256 g/mol. The molecule has 2 aromatic rings. The molecule has 4 heteroatoms. The van der Waals surface area contributed by atoms with Gasteiger partial charge in [-0.25, -0.2) is 0 Å². The number of nitrogens with one attached hydrogen (secondary N) is 1. The van der Waals surface area contributed by atoms with Gasteiger partial charge in [-0.2, -0.15) is 0 Å². The molecule has 1 unspecified atom stereocenters. The molecule has 98 valence electrons. The van der Waals surface area contributed by atoms with Crippen LogP contribution in [0.1, 0.15) is 24.9 Å². The summed E-state index contributed by atoms with van der Waals surface area (Å²) >= 11 is 0. The highest BCUT2D eigenvalue weighted by Gasteiger charge is 2.13. The lowest BCUT2D eigenvalue weighted by atomic mass is 10.0. The van der Waals surface area contributed by atoms with Crippen molar-refractivity contribution in [3.8, 4) is 0 Å². The van der Waals surface area contributed by atoms with Crippen LogP contribution in [0.15, 0.2) is 54.6 Å². The number of hydrogen-bond acceptors (Lipinski definition) is 3. The third kappa shape index (κ3) is 3.31. The molecule has 0 radical (unpaired) electrons. The second-order valence-electron chi connectivity index (χ2n) is 4.32. The Hall–Kier alpha value is -2.36. The first-order chi connectivity index (χ1) is 9.20. The predicted octanol–water partition coefficient (Wildman–Crippen LogP) is 4.16. The van der Waals surface area contributed by atoms with Crippen LogP contribution in [0.25, 0.3) is 0 Å². The summed E-state index contributed by atoms with van der Waals surface area (Å²) in [7, 11) is 0. The zero-order valence-corrected chi connectivity index (χ0v) is 10.7. The fourth-order valence-corrected chi connectivity index (χ4v) is 2.01. The number of nitro benzene ring substituents is 1. The van der Waals surface area contributed by atoms with Crippen molar-refractivity contribution in [2.24, 2.45) is 0 Å². The average Bonchev–Trinajstić information content (AvgIpc) is 2.46. The van der Waals surface area contributed by atoms with Gasteiger partial charge in [0.1, 0.15) is 0 Å². The lowest BCUT2D eigenvalue weighted by Crippen LogP contribution is -2.09. The van der Waals surface area contributed by atoms with E-state index >= 15 is 0 Å². The molecule has 19 heavy (non-hydrogen) atoms. The van der Waals surface area contributed by atoms with Crippen molar-refractivity contribution in [1.29, 1.82) is 0 Å². The van der Waals surface area contributed by atoms with E-state index in [2.05, 4.69) is 12.2 Å². The van der Waals surface area contributed by atoms with Gasteiger partial charge in [0.05, 0.1) is 11.0 Å². The van der Waals surface area contributed by atoms with Crippen molar-refractivity contribution in [2.75, 3.05) is 5.32 Å². The molecule has 1 atom stereocenters. The summed E-state index contributed by atoms with van der Waals surface area (Å²) < 4.78 is 0. The third-order valence-corrected chi connectivity index (χ3v) is 3.01. The molecule has 1 N–H and O–H groups in total. The quantitative estimate of drug-likeness (QED) is 0.645. The van der Waals surface area contributed by atoms with Gasteiger partial charge in [0, 0.05) is 17.8 Å². The van der Waals surface area contributed by atoms with Crippen LogP contribution < -0.4 is 5.32 Å². The van der Waals surface area contributed by atoms with Crippen LogP contribution >= 0.6 is 0 Å². The van der Waals surface area contributed by atoms with Gasteiger partial charge in [0.15, 0.2) is 0 Å². The smallest absolute Gasteiger partial charge is 0.269 e. The summed E-state index contributed by atoms with van der Waals surface area (Å²) in [6.45, 7) is 2.06. The molecule has 0 aliphatic heterocycles. The maximum absolute atomic E-state index is 10.8. The van der Waals surface area contributed by atoms with E-state index in [1.807, 2.05) is 36.4 Å². The maximum atomic E-state index is 10.8. The molecule has 0 heterocycles. The normalized spacial score (nSPS) is 11.8. The van der Waals surface area contributed by atoms with E-state index in [-0.39, 0.29) is 16.7 Å². The second-order valence-corrected chi connectivity index (χ2v) is 4.32. The van der Waals surface area contributed by atoms with Crippen LogP contribution in [0, 0.1) is 10.1 Å². The highest BCUT2D eigenvalue weighted by atomic mass is 16.6. The van der Waals surface area contributed by atoms with Crippen molar-refractivity contribution in [1.82, 2.24) is 0 Å². The fourth-order valence-electron chi connectivity index (χ4n) is 2.01. The lowest BCUT2D eigenvalue weighted by molar-refractivity contribution is -0.384. The highest BCUT2D eigenvalue weighted by molar-refractivity contribution is 5.46. The zero-order chi connectivity index (χ0) is 13.7. The van der Waals surface area contributed by atoms with Gasteiger partial charge in [-0.1, -0.05) is 37.3 Å². The monoisotopic (exact) mass is 256 g/mol. The molecule has 0 saturated carbocycles. The number of rotatable bonds is 5. The Morgan fingerprint density at radius 1 is 1.16 bits per heavy atom. The zero-order valence-electron chi connectivity index (χ0n) is 10.7. The minimum atomic E-state index is -0.362. The Morgan fingerprint density at radius 2 is 1.89 bits per heavy atom. The Labute approximate surface area is 112 Å². The largest absolute Gasteiger partial charge is 0.378 e. The van der Waals surface area contributed by atoms with Gasteiger partial charge in [0.25, 0.3) is 5.69 Å². The number of hydrogen-bond donors (Lipinski definition) is 1. The SMILES string of the molecule is CCC(Nc1ccccc1)c1cccc([N+](=O)[O-])c1. The van der Waals surface area contributed by atoms with Crippen LogP contribution in [0.2, 0.25) is 0 Å². The Kier molecular flexibility index (Phi) is 4.13. The van der Waals surface area contributed by atoms with E-state index in [9.17, 15) is 10.1 Å². The van der Waals surface area contributed by atoms with E-state index in [1.165, 1.54) is 6.07 Å². The summed E-state index contributed by atoms with van der Waals surface area (Å²) in [5.41, 5.74) is 2.08. The Balaban J connectivity index is 2.22. The number of nitrogens with zero attached hydrogens (tertiary/aromatic N) is 1. The van der Waals surface area contributed by atoms with Crippen LogP contribution in [-0.2, 0) is 0 Å². The number of nitro groups is 1. The van der Waals surface area contributed by atoms with Gasteiger partial charge in [-0.15, -0.1) is 0 Å². The highest BCUT2D eigenvalue weighted by Crippen LogP contribution is 2.25. The summed E-state index contributed by atoms with van der Waals surface area (Å²) in [6, 6.07) is 16.7. The number of benzene rings is 2. The van der Waals surface area contributed by atoms with Gasteiger partial charge in [-0.05, 0) is 24.1 Å². The van der Waals surface area contributed by atoms with Crippen LogP contribution in [0.3, 0.4) is 0 Å². The Bertz CT molecular complexity index is 555. The summed E-state index contributed by atoms with van der Waals surface area (Å²) in [6.07, 6.45) is 0.857. The van der Waals surface area contributed by atoms with Crippen molar-refractivity contribution >= 4 is 11.4 Å². The molecule has 0 saturated heterocycles. The van der Waals surface area contributed by atoms with E-state index in [0.717, 1.165) is 17.7 Å². The fraction of sp³-hybridized carbons (Fsp3) is 0.200. The minimum Gasteiger partial charge on any atom is -0.378 e. The van der Waals surface area contributed by atoms with Crippen LogP contribution in [0.4, 0.5) is 11.4 Å². The first-order valence-corrected chi connectivity index (χ1v) is 6.26. The maximum Gasteiger partial charge on any atom is 0.269 e. The molecule has 0 aliphatic carbocycles. The molecule has 0 aliphatic rings. The van der Waals surface area contributed by atoms with Gasteiger partial charge >= 0.3 is 0 Å². The molecular formula is C15H16N2O2. The minimum absolute atomic E-state index is 0.0716. The predicted molar refractivity (Wildman–Crippen MR) is 76.2 cm³/mol. The number of para-hydroxylation sites is 1. The van der Waals surface area contributed by atoms with Gasteiger partial charge < -0.3 is 5.32 Å². The molecule has 2 rings (SSSR count). The van der Waals surface area contributed by atoms with Crippen LogP contribution in [-0.4, -0.2) is 4.92 Å². The summed E-state index contributed by atoms with van der Waals surface area (Å²) in [4.78, 5) is 10.4. The number of non-ortho nitro benzene ring substituents is 1. The summed E-state index contributed by atoms with van der Waals surface area (Å²) in [5, 5.41) is 14.2. The molecule has 0 aromatic heterocycles. The topological polar surface area (TPSA) is 55.2 Å². The van der Waals surface area contributed by atoms with E-state index in [4.69, 9.17) is 0 Å². The van der Waals surface area contributed by atoms with E-state index < -0.39 is 0 Å². The standard InChI is InChI=1S/C15H16N2O2/c1-2-15(16-13-8-4-3-5-9-13)12-7-6-10-14(11-12)17(18)19/h3-11,15-16H,2H2,1H3. The lowest BCUT2D eigenvalue weighted by Gasteiger charge is -2.18. The molecule has 4 nitrogen and oxygen atoms in total. The third-order valence-electron chi connectivity index (χ3n) is 3.01. The molecule has 2 aromatic carbocycles. The van der Waals surface area contributed by atoms with Crippen molar-refractivity contribution in [3.63, 3.8) is 0 Å². The van der Waals surface area contributed by atoms with Crippen molar-refractivity contribution in [3.05, 3.63) is 70.3 Å². The molecule has 0 bridgehead atoms. The second kappa shape index (κ2) is 6.00. The molecule has 0 fully saturated rings. The van der Waals surface area contributed by atoms with Crippen LogP contribution in [0.5, 0.6) is 0 Å². The Morgan fingerprint density at radius 3 is 2.53 bits per heavy atom. The first-order valence-electron chi connectivity index (χ1n) is 6.26. The van der Waals surface area contributed by atoms with Gasteiger partial charge in [-0.3, -0.25) is 10.1 Å².